The average Bonchev–Trinajstić information content (AvgIpc) is 2.39. The molecule has 0 fully saturated rings. The Morgan fingerprint density at radius 1 is 0.778 bits per heavy atom. The maximum Gasteiger partial charge on any atom is 0.100 e. The van der Waals surface area contributed by atoms with Gasteiger partial charge in [0, 0.05) is 0 Å². The van der Waals surface area contributed by atoms with E-state index in [-0.39, 0.29) is 26.4 Å². The van der Waals surface area contributed by atoms with Crippen LogP contribution in [0.2, 0.25) is 0 Å². The smallest absolute Gasteiger partial charge is 0.100 e. The highest BCUT2D eigenvalue weighted by atomic mass is 16.5. The standard InChI is InChI=1S/C7H16.C6H14O5/c1-3-5-7-6-4-2;7-1-5(9)3-11-4-6(10)2-8/h3-7H2,1-2H3;5-10H,1-4H2. The van der Waals surface area contributed by atoms with Gasteiger partial charge in [0.1, 0.15) is 12.2 Å². The Balaban J connectivity index is 0. The molecule has 0 aromatic heterocycles. The Hall–Kier alpha value is -0.200. The van der Waals surface area contributed by atoms with Gasteiger partial charge in [0.05, 0.1) is 26.4 Å². The minimum atomic E-state index is -0.916. The van der Waals surface area contributed by atoms with E-state index >= 15 is 0 Å². The van der Waals surface area contributed by atoms with Crippen LogP contribution in [0.3, 0.4) is 0 Å². The van der Waals surface area contributed by atoms with Gasteiger partial charge < -0.3 is 25.2 Å². The second-order valence-electron chi connectivity index (χ2n) is 4.27. The van der Waals surface area contributed by atoms with Crippen LogP contribution in [0.25, 0.3) is 0 Å². The highest BCUT2D eigenvalue weighted by Crippen LogP contribution is 2.00. The molecule has 0 spiro atoms. The van der Waals surface area contributed by atoms with Crippen LogP contribution in [0.15, 0.2) is 0 Å². The summed E-state index contributed by atoms with van der Waals surface area (Å²) >= 11 is 0. The number of aliphatic hydroxyl groups is 4. The predicted octanol–water partition coefficient (Wildman–Crippen LogP) is 0.686. The zero-order valence-electron chi connectivity index (χ0n) is 11.7. The molecule has 0 amide bonds. The van der Waals surface area contributed by atoms with E-state index in [9.17, 15) is 0 Å². The van der Waals surface area contributed by atoms with E-state index in [1.165, 1.54) is 32.1 Å². The van der Waals surface area contributed by atoms with Crippen LogP contribution < -0.4 is 0 Å². The highest BCUT2D eigenvalue weighted by Gasteiger charge is 2.04. The number of rotatable bonds is 10. The van der Waals surface area contributed by atoms with Gasteiger partial charge in [-0.05, 0) is 0 Å². The molecule has 0 bridgehead atoms. The summed E-state index contributed by atoms with van der Waals surface area (Å²) in [4.78, 5) is 0. The Kier molecular flexibility index (Phi) is 18.8. The van der Waals surface area contributed by atoms with E-state index in [2.05, 4.69) is 13.8 Å². The van der Waals surface area contributed by atoms with Crippen molar-refractivity contribution < 1.29 is 25.2 Å². The number of unbranched alkanes of at least 4 members (excludes halogenated alkanes) is 4. The number of ether oxygens (including phenoxy) is 1. The molecule has 0 aliphatic rings. The van der Waals surface area contributed by atoms with Crippen molar-refractivity contribution in [1.82, 2.24) is 0 Å². The first-order valence-corrected chi connectivity index (χ1v) is 6.77. The molecule has 2 atom stereocenters. The molecule has 0 aliphatic heterocycles. The summed E-state index contributed by atoms with van der Waals surface area (Å²) in [5, 5.41) is 34.1. The lowest BCUT2D eigenvalue weighted by molar-refractivity contribution is -0.0364. The highest BCUT2D eigenvalue weighted by molar-refractivity contribution is 4.52. The second-order valence-corrected chi connectivity index (χ2v) is 4.27. The van der Waals surface area contributed by atoms with Gasteiger partial charge in [-0.1, -0.05) is 46.0 Å². The van der Waals surface area contributed by atoms with Gasteiger partial charge in [0.2, 0.25) is 0 Å². The third-order valence-electron chi connectivity index (χ3n) is 2.25. The Labute approximate surface area is 110 Å². The lowest BCUT2D eigenvalue weighted by Gasteiger charge is -2.10. The van der Waals surface area contributed by atoms with E-state index in [1.807, 2.05) is 0 Å². The second kappa shape index (κ2) is 16.8. The normalized spacial score (nSPS) is 13.7. The first-order valence-electron chi connectivity index (χ1n) is 6.77. The van der Waals surface area contributed by atoms with Crippen LogP contribution in [-0.4, -0.2) is 59.1 Å². The van der Waals surface area contributed by atoms with Crippen LogP contribution in [0, 0.1) is 0 Å². The van der Waals surface area contributed by atoms with Crippen molar-refractivity contribution in [1.29, 1.82) is 0 Å². The summed E-state index contributed by atoms with van der Waals surface area (Å²) in [5.41, 5.74) is 0. The molecule has 5 nitrogen and oxygen atoms in total. The zero-order valence-corrected chi connectivity index (χ0v) is 11.7. The summed E-state index contributed by atoms with van der Waals surface area (Å²) in [6, 6.07) is 0. The van der Waals surface area contributed by atoms with Crippen LogP contribution in [0.5, 0.6) is 0 Å². The van der Waals surface area contributed by atoms with Crippen LogP contribution in [0.1, 0.15) is 46.0 Å². The number of hydrogen-bond donors (Lipinski definition) is 4. The van der Waals surface area contributed by atoms with Crippen LogP contribution in [0.4, 0.5) is 0 Å². The zero-order chi connectivity index (χ0) is 14.2. The molecular weight excluding hydrogens is 236 g/mol. The van der Waals surface area contributed by atoms with Crippen LogP contribution >= 0.6 is 0 Å². The van der Waals surface area contributed by atoms with Gasteiger partial charge in [-0.2, -0.15) is 0 Å². The number of hydrogen-bond acceptors (Lipinski definition) is 5. The van der Waals surface area contributed by atoms with Crippen molar-refractivity contribution in [3.63, 3.8) is 0 Å². The van der Waals surface area contributed by atoms with Crippen LogP contribution in [-0.2, 0) is 4.74 Å². The molecule has 5 heteroatoms. The Morgan fingerprint density at radius 2 is 1.17 bits per heavy atom. The Bertz CT molecular complexity index is 129. The molecule has 18 heavy (non-hydrogen) atoms. The van der Waals surface area contributed by atoms with Gasteiger partial charge >= 0.3 is 0 Å². The fourth-order valence-corrected chi connectivity index (χ4v) is 1.12. The van der Waals surface area contributed by atoms with E-state index in [1.54, 1.807) is 0 Å². The minimum absolute atomic E-state index is 0.0342. The first kappa shape index (κ1) is 20.1. The quantitative estimate of drug-likeness (QED) is 0.437. The van der Waals surface area contributed by atoms with Gasteiger partial charge in [-0.3, -0.25) is 0 Å². The number of aliphatic hydroxyl groups excluding tert-OH is 4. The monoisotopic (exact) mass is 266 g/mol. The van der Waals surface area contributed by atoms with Crippen molar-refractivity contribution in [3.8, 4) is 0 Å². The summed E-state index contributed by atoms with van der Waals surface area (Å²) in [5.74, 6) is 0. The van der Waals surface area contributed by atoms with E-state index in [0.29, 0.717) is 0 Å². The maximum atomic E-state index is 8.72. The molecule has 0 rings (SSSR count). The molecule has 0 aromatic rings. The van der Waals surface area contributed by atoms with Gasteiger partial charge in [-0.15, -0.1) is 0 Å². The molecule has 2 unspecified atom stereocenters. The third kappa shape index (κ3) is 18.2. The summed E-state index contributed by atoms with van der Waals surface area (Å²) < 4.78 is 4.72. The Morgan fingerprint density at radius 3 is 1.44 bits per heavy atom. The molecule has 0 radical (unpaired) electrons. The van der Waals surface area contributed by atoms with E-state index in [0.717, 1.165) is 0 Å². The van der Waals surface area contributed by atoms with Crippen molar-refractivity contribution in [2.45, 2.75) is 58.2 Å². The van der Waals surface area contributed by atoms with E-state index in [4.69, 9.17) is 25.2 Å². The summed E-state index contributed by atoms with van der Waals surface area (Å²) in [7, 11) is 0. The molecule has 0 aliphatic carbocycles. The molecule has 0 saturated carbocycles. The molecule has 0 saturated heterocycles. The lowest BCUT2D eigenvalue weighted by atomic mass is 10.2. The maximum absolute atomic E-state index is 8.72. The van der Waals surface area contributed by atoms with Crippen molar-refractivity contribution in [3.05, 3.63) is 0 Å². The summed E-state index contributed by atoms with van der Waals surface area (Å²) in [6.07, 6.45) is 5.18. The lowest BCUT2D eigenvalue weighted by Crippen LogP contribution is -2.25. The van der Waals surface area contributed by atoms with Crippen molar-refractivity contribution >= 4 is 0 Å². The minimum Gasteiger partial charge on any atom is -0.394 e. The summed E-state index contributed by atoms with van der Waals surface area (Å²) in [6.45, 7) is 3.69. The van der Waals surface area contributed by atoms with Gasteiger partial charge in [0.25, 0.3) is 0 Å². The fourth-order valence-electron chi connectivity index (χ4n) is 1.12. The predicted molar refractivity (Wildman–Crippen MR) is 71.4 cm³/mol. The van der Waals surface area contributed by atoms with Crippen molar-refractivity contribution in [2.24, 2.45) is 0 Å². The van der Waals surface area contributed by atoms with Gasteiger partial charge in [0.15, 0.2) is 0 Å². The molecule has 112 valence electrons. The third-order valence-corrected chi connectivity index (χ3v) is 2.25. The van der Waals surface area contributed by atoms with Gasteiger partial charge in [-0.25, -0.2) is 0 Å². The van der Waals surface area contributed by atoms with Crippen molar-refractivity contribution in [2.75, 3.05) is 26.4 Å². The molecule has 0 aromatic carbocycles. The topological polar surface area (TPSA) is 90.2 Å². The largest absolute Gasteiger partial charge is 0.394 e. The SMILES string of the molecule is CCCCCCC.OCC(O)COCC(O)CO. The molecule has 0 heterocycles. The van der Waals surface area contributed by atoms with E-state index < -0.39 is 12.2 Å². The fraction of sp³-hybridized carbons (Fsp3) is 1.00. The average molecular weight is 266 g/mol. The molecular formula is C13H30O5. The first-order chi connectivity index (χ1) is 8.62. The molecule has 4 N–H and O–H groups in total.